The van der Waals surface area contributed by atoms with Crippen LogP contribution in [0, 0.1) is 0 Å². The van der Waals surface area contributed by atoms with Gasteiger partial charge in [0.05, 0.1) is 23.5 Å². The molecule has 0 spiro atoms. The molecule has 0 atom stereocenters. The van der Waals surface area contributed by atoms with Crippen LogP contribution in [0.3, 0.4) is 0 Å². The number of amides is 1. The molecule has 0 unspecified atom stereocenters. The van der Waals surface area contributed by atoms with Crippen molar-refractivity contribution in [2.75, 3.05) is 5.32 Å². The summed E-state index contributed by atoms with van der Waals surface area (Å²) in [6.07, 6.45) is 3.41. The fourth-order valence-corrected chi connectivity index (χ4v) is 3.85. The number of halogens is 3. The summed E-state index contributed by atoms with van der Waals surface area (Å²) in [4.78, 5) is 12.6. The first kappa shape index (κ1) is 22.4. The minimum atomic E-state index is -0.209. The Morgan fingerprint density at radius 2 is 1.72 bits per heavy atom. The maximum Gasteiger partial charge on any atom is 0.255 e. The summed E-state index contributed by atoms with van der Waals surface area (Å²) in [6, 6.07) is 20.2. The third-order valence-electron chi connectivity index (χ3n) is 4.65. The van der Waals surface area contributed by atoms with Gasteiger partial charge in [0.15, 0.2) is 0 Å². The molecular weight excluding hydrogens is 513 g/mol. The molecule has 4 rings (SSSR count). The lowest BCUT2D eigenvalue weighted by atomic mass is 10.1. The maximum atomic E-state index is 12.6. The van der Waals surface area contributed by atoms with Crippen molar-refractivity contribution in [1.29, 1.82) is 0 Å². The predicted octanol–water partition coefficient (Wildman–Crippen LogP) is 6.83. The van der Waals surface area contributed by atoms with E-state index in [1.54, 1.807) is 41.3 Å². The lowest BCUT2D eigenvalue weighted by molar-refractivity contribution is 0.102. The van der Waals surface area contributed by atoms with Crippen molar-refractivity contribution < 1.29 is 9.53 Å². The van der Waals surface area contributed by atoms with Gasteiger partial charge < -0.3 is 10.1 Å². The minimum absolute atomic E-state index is 0.209. The molecule has 3 aromatic carbocycles. The van der Waals surface area contributed by atoms with Crippen LogP contribution >= 0.6 is 39.1 Å². The molecule has 32 heavy (non-hydrogen) atoms. The highest BCUT2D eigenvalue weighted by Crippen LogP contribution is 2.28. The average molecular weight is 531 g/mol. The zero-order chi connectivity index (χ0) is 22.5. The van der Waals surface area contributed by atoms with E-state index in [4.69, 9.17) is 27.9 Å². The number of benzene rings is 3. The number of hydrogen-bond acceptors (Lipinski definition) is 3. The van der Waals surface area contributed by atoms with Gasteiger partial charge in [0, 0.05) is 21.3 Å². The number of carbonyl (C=O) groups is 1. The fourth-order valence-electron chi connectivity index (χ4n) is 3.00. The molecule has 0 fully saturated rings. The van der Waals surface area contributed by atoms with Crippen LogP contribution in [0.15, 0.2) is 83.6 Å². The van der Waals surface area contributed by atoms with Crippen LogP contribution in [0.25, 0.3) is 0 Å². The standard InChI is InChI=1S/C24H18BrCl2N3O2/c25-19-7-10-23(22(27)11-19)32-15-17-1-5-18(6-2-17)24(31)29-21-12-28-30(14-21)13-16-3-8-20(26)9-4-16/h1-12,14H,13,15H2,(H,29,31). The van der Waals surface area contributed by atoms with Gasteiger partial charge >= 0.3 is 0 Å². The molecule has 1 N–H and O–H groups in total. The number of rotatable bonds is 7. The van der Waals surface area contributed by atoms with E-state index in [1.807, 2.05) is 42.5 Å². The molecule has 0 aliphatic carbocycles. The van der Waals surface area contributed by atoms with E-state index in [1.165, 1.54) is 0 Å². The van der Waals surface area contributed by atoms with Crippen LogP contribution in [-0.4, -0.2) is 15.7 Å². The highest BCUT2D eigenvalue weighted by Gasteiger charge is 2.09. The SMILES string of the molecule is O=C(Nc1cnn(Cc2ccc(Cl)cc2)c1)c1ccc(COc2ccc(Br)cc2Cl)cc1. The molecule has 1 amide bonds. The van der Waals surface area contributed by atoms with Gasteiger partial charge in [-0.05, 0) is 53.6 Å². The molecule has 0 saturated carbocycles. The summed E-state index contributed by atoms with van der Waals surface area (Å²) in [5, 5.41) is 8.39. The molecule has 5 nitrogen and oxygen atoms in total. The van der Waals surface area contributed by atoms with Crippen LogP contribution in [0.1, 0.15) is 21.5 Å². The van der Waals surface area contributed by atoms with E-state index in [9.17, 15) is 4.79 Å². The summed E-state index contributed by atoms with van der Waals surface area (Å²) in [7, 11) is 0. The van der Waals surface area contributed by atoms with Crippen molar-refractivity contribution >= 4 is 50.7 Å². The van der Waals surface area contributed by atoms with Crippen molar-refractivity contribution in [3.05, 3.63) is 110 Å². The Kier molecular flexibility index (Phi) is 7.15. The Labute approximate surface area is 204 Å². The molecule has 162 valence electrons. The first-order valence-electron chi connectivity index (χ1n) is 9.71. The minimum Gasteiger partial charge on any atom is -0.487 e. The third kappa shape index (κ3) is 5.91. The number of nitrogens with one attached hydrogen (secondary N) is 1. The number of hydrogen-bond donors (Lipinski definition) is 1. The quantitative estimate of drug-likeness (QED) is 0.285. The molecule has 0 aliphatic rings. The Bertz CT molecular complexity index is 1220. The number of anilines is 1. The second-order valence-electron chi connectivity index (χ2n) is 7.07. The third-order valence-corrected chi connectivity index (χ3v) is 5.69. The molecular formula is C24H18BrCl2N3O2. The lowest BCUT2D eigenvalue weighted by Gasteiger charge is -2.09. The van der Waals surface area contributed by atoms with Gasteiger partial charge in [0.2, 0.25) is 0 Å². The van der Waals surface area contributed by atoms with Gasteiger partial charge in [0.1, 0.15) is 12.4 Å². The molecule has 1 aromatic heterocycles. The van der Waals surface area contributed by atoms with Gasteiger partial charge in [-0.1, -0.05) is 63.4 Å². The van der Waals surface area contributed by atoms with Crippen LogP contribution in [0.2, 0.25) is 10.0 Å². The van der Waals surface area contributed by atoms with Crippen molar-refractivity contribution in [3.63, 3.8) is 0 Å². The maximum absolute atomic E-state index is 12.6. The number of ether oxygens (including phenoxy) is 1. The van der Waals surface area contributed by atoms with E-state index < -0.39 is 0 Å². The molecule has 0 saturated heterocycles. The van der Waals surface area contributed by atoms with E-state index in [2.05, 4.69) is 26.3 Å². The molecule has 8 heteroatoms. The summed E-state index contributed by atoms with van der Waals surface area (Å²) in [5.74, 6) is 0.395. The first-order valence-corrected chi connectivity index (χ1v) is 11.3. The fraction of sp³-hybridized carbons (Fsp3) is 0.0833. The molecule has 0 bridgehead atoms. The number of nitrogens with zero attached hydrogens (tertiary/aromatic N) is 2. The van der Waals surface area contributed by atoms with E-state index in [-0.39, 0.29) is 5.91 Å². The van der Waals surface area contributed by atoms with Crippen molar-refractivity contribution in [2.45, 2.75) is 13.2 Å². The van der Waals surface area contributed by atoms with Gasteiger partial charge in [-0.15, -0.1) is 0 Å². The summed E-state index contributed by atoms with van der Waals surface area (Å²) >= 11 is 15.5. The van der Waals surface area contributed by atoms with Crippen LogP contribution < -0.4 is 10.1 Å². The van der Waals surface area contributed by atoms with Gasteiger partial charge in [-0.25, -0.2) is 0 Å². The normalized spacial score (nSPS) is 10.7. The summed E-state index contributed by atoms with van der Waals surface area (Å²) in [6.45, 7) is 0.935. The topological polar surface area (TPSA) is 56.2 Å². The van der Waals surface area contributed by atoms with Gasteiger partial charge in [-0.2, -0.15) is 5.10 Å². The zero-order valence-electron chi connectivity index (χ0n) is 16.8. The second-order valence-corrected chi connectivity index (χ2v) is 8.83. The van der Waals surface area contributed by atoms with E-state index in [0.717, 1.165) is 15.6 Å². The number of aromatic nitrogens is 2. The molecule has 4 aromatic rings. The van der Waals surface area contributed by atoms with Gasteiger partial charge in [0.25, 0.3) is 5.91 Å². The highest BCUT2D eigenvalue weighted by molar-refractivity contribution is 9.10. The molecule has 0 aliphatic heterocycles. The molecule has 1 heterocycles. The highest BCUT2D eigenvalue weighted by atomic mass is 79.9. The van der Waals surface area contributed by atoms with Crippen molar-refractivity contribution in [1.82, 2.24) is 9.78 Å². The lowest BCUT2D eigenvalue weighted by Crippen LogP contribution is -2.11. The smallest absolute Gasteiger partial charge is 0.255 e. The van der Waals surface area contributed by atoms with Crippen molar-refractivity contribution in [3.8, 4) is 5.75 Å². The average Bonchev–Trinajstić information content (AvgIpc) is 3.22. The zero-order valence-corrected chi connectivity index (χ0v) is 19.9. The Morgan fingerprint density at radius 3 is 2.44 bits per heavy atom. The molecule has 0 radical (unpaired) electrons. The van der Waals surface area contributed by atoms with Crippen LogP contribution in [0.5, 0.6) is 5.75 Å². The Balaban J connectivity index is 1.32. The largest absolute Gasteiger partial charge is 0.487 e. The summed E-state index contributed by atoms with van der Waals surface area (Å²) < 4.78 is 8.41. The Morgan fingerprint density at radius 1 is 1.00 bits per heavy atom. The van der Waals surface area contributed by atoms with E-state index >= 15 is 0 Å². The van der Waals surface area contributed by atoms with E-state index in [0.29, 0.717) is 40.2 Å². The van der Waals surface area contributed by atoms with Crippen LogP contribution in [0.4, 0.5) is 5.69 Å². The predicted molar refractivity (Wildman–Crippen MR) is 131 cm³/mol. The first-order chi connectivity index (χ1) is 15.5. The Hall–Kier alpha value is -2.80. The summed E-state index contributed by atoms with van der Waals surface area (Å²) in [5.41, 5.74) is 3.16. The van der Waals surface area contributed by atoms with Gasteiger partial charge in [-0.3, -0.25) is 9.48 Å². The number of carbonyl (C=O) groups excluding carboxylic acids is 1. The van der Waals surface area contributed by atoms with Crippen LogP contribution in [-0.2, 0) is 13.2 Å². The second kappa shape index (κ2) is 10.2. The van der Waals surface area contributed by atoms with Crippen molar-refractivity contribution in [2.24, 2.45) is 0 Å². The monoisotopic (exact) mass is 529 g/mol.